The van der Waals surface area contributed by atoms with E-state index < -0.39 is 0 Å². The van der Waals surface area contributed by atoms with E-state index in [2.05, 4.69) is 42.0 Å². The first-order valence-electron chi connectivity index (χ1n) is 7.47. The molecule has 1 rings (SSSR count). The molecule has 1 atom stereocenters. The maximum absolute atomic E-state index is 12.0. The second-order valence-corrected chi connectivity index (χ2v) is 7.34. The van der Waals surface area contributed by atoms with E-state index in [9.17, 15) is 4.79 Å². The summed E-state index contributed by atoms with van der Waals surface area (Å²) in [4.78, 5) is 12.0. The minimum atomic E-state index is 0.0270. The molecular weight excluding hydrogens is 330 g/mol. The minimum Gasteiger partial charge on any atom is -0.396 e. The number of benzene rings is 1. The van der Waals surface area contributed by atoms with Gasteiger partial charge in [0.05, 0.1) is 0 Å². The van der Waals surface area contributed by atoms with Crippen LogP contribution in [0.15, 0.2) is 28.7 Å². The fraction of sp³-hybridized carbons (Fsp3) is 0.588. The molecule has 0 aliphatic carbocycles. The molecule has 0 fully saturated rings. The molecule has 0 saturated heterocycles. The Labute approximate surface area is 136 Å². The number of nitrogens with one attached hydrogen (secondary N) is 1. The SMILES string of the molecule is CC(CC(=O)NCC(C)(C)CCCO)c1ccc(Br)cc1. The number of amides is 1. The molecule has 2 N–H and O–H groups in total. The lowest BCUT2D eigenvalue weighted by molar-refractivity contribution is -0.121. The predicted octanol–water partition coefficient (Wildman–Crippen LogP) is 3.86. The molecule has 118 valence electrons. The Hall–Kier alpha value is -0.870. The van der Waals surface area contributed by atoms with E-state index in [0.29, 0.717) is 13.0 Å². The van der Waals surface area contributed by atoms with Crippen LogP contribution in [0.3, 0.4) is 0 Å². The lowest BCUT2D eigenvalue weighted by atomic mass is 9.87. The third-order valence-corrected chi connectivity index (χ3v) is 4.24. The van der Waals surface area contributed by atoms with Gasteiger partial charge < -0.3 is 10.4 Å². The van der Waals surface area contributed by atoms with Gasteiger partial charge >= 0.3 is 0 Å². The zero-order valence-corrected chi connectivity index (χ0v) is 14.7. The normalized spacial score (nSPS) is 13.0. The van der Waals surface area contributed by atoms with Gasteiger partial charge in [-0.05, 0) is 41.9 Å². The van der Waals surface area contributed by atoms with Crippen molar-refractivity contribution in [2.75, 3.05) is 13.2 Å². The van der Waals surface area contributed by atoms with Crippen molar-refractivity contribution in [3.05, 3.63) is 34.3 Å². The van der Waals surface area contributed by atoms with Gasteiger partial charge in [-0.2, -0.15) is 0 Å². The minimum absolute atomic E-state index is 0.0270. The van der Waals surface area contributed by atoms with Gasteiger partial charge in [-0.25, -0.2) is 0 Å². The molecule has 0 aromatic heterocycles. The number of aliphatic hydroxyl groups is 1. The quantitative estimate of drug-likeness (QED) is 0.743. The number of hydrogen-bond acceptors (Lipinski definition) is 2. The number of carbonyl (C=O) groups excluding carboxylic acids is 1. The molecule has 0 saturated carbocycles. The molecule has 4 heteroatoms. The van der Waals surface area contributed by atoms with Gasteiger partial charge in [0.2, 0.25) is 5.91 Å². The van der Waals surface area contributed by atoms with Crippen LogP contribution in [-0.4, -0.2) is 24.2 Å². The number of carbonyl (C=O) groups is 1. The number of hydrogen-bond donors (Lipinski definition) is 2. The van der Waals surface area contributed by atoms with Crippen molar-refractivity contribution < 1.29 is 9.90 Å². The van der Waals surface area contributed by atoms with Gasteiger partial charge in [0.1, 0.15) is 0 Å². The van der Waals surface area contributed by atoms with E-state index in [4.69, 9.17) is 5.11 Å². The van der Waals surface area contributed by atoms with E-state index in [0.717, 1.165) is 17.3 Å². The van der Waals surface area contributed by atoms with Gasteiger partial charge in [-0.15, -0.1) is 0 Å². The molecule has 1 aromatic rings. The highest BCUT2D eigenvalue weighted by molar-refractivity contribution is 9.10. The van der Waals surface area contributed by atoms with Crippen LogP contribution in [-0.2, 0) is 4.79 Å². The zero-order valence-electron chi connectivity index (χ0n) is 13.2. The van der Waals surface area contributed by atoms with Crippen LogP contribution in [0, 0.1) is 5.41 Å². The topological polar surface area (TPSA) is 49.3 Å². The third kappa shape index (κ3) is 7.09. The average Bonchev–Trinajstić information content (AvgIpc) is 2.44. The highest BCUT2D eigenvalue weighted by atomic mass is 79.9. The Bertz CT molecular complexity index is 443. The third-order valence-electron chi connectivity index (χ3n) is 3.71. The molecule has 0 spiro atoms. The molecule has 0 aliphatic heterocycles. The molecular formula is C17H26BrNO2. The average molecular weight is 356 g/mol. The van der Waals surface area contributed by atoms with Crippen LogP contribution < -0.4 is 5.32 Å². The summed E-state index contributed by atoms with van der Waals surface area (Å²) in [5, 5.41) is 11.9. The standard InChI is InChI=1S/C17H26BrNO2/c1-13(14-5-7-15(18)8-6-14)11-16(21)19-12-17(2,3)9-4-10-20/h5-8,13,20H,4,9-12H2,1-3H3,(H,19,21). The summed E-state index contributed by atoms with van der Waals surface area (Å²) in [6.07, 6.45) is 2.18. The molecule has 0 bridgehead atoms. The van der Waals surface area contributed by atoms with Crippen molar-refractivity contribution in [2.24, 2.45) is 5.41 Å². The first-order valence-corrected chi connectivity index (χ1v) is 8.26. The summed E-state index contributed by atoms with van der Waals surface area (Å²) in [6, 6.07) is 8.10. The second kappa shape index (κ2) is 8.54. The summed E-state index contributed by atoms with van der Waals surface area (Å²) in [6.45, 7) is 7.15. The van der Waals surface area contributed by atoms with Crippen LogP contribution in [0.25, 0.3) is 0 Å². The van der Waals surface area contributed by atoms with Crippen molar-refractivity contribution in [3.63, 3.8) is 0 Å². The van der Waals surface area contributed by atoms with Crippen LogP contribution in [0.4, 0.5) is 0 Å². The Morgan fingerprint density at radius 2 is 1.95 bits per heavy atom. The van der Waals surface area contributed by atoms with Gasteiger partial charge in [0.15, 0.2) is 0 Å². The van der Waals surface area contributed by atoms with Crippen molar-refractivity contribution >= 4 is 21.8 Å². The lowest BCUT2D eigenvalue weighted by Gasteiger charge is -2.25. The molecule has 0 radical (unpaired) electrons. The van der Waals surface area contributed by atoms with Crippen molar-refractivity contribution in [2.45, 2.75) is 46.0 Å². The molecule has 3 nitrogen and oxygen atoms in total. The highest BCUT2D eigenvalue weighted by Crippen LogP contribution is 2.23. The highest BCUT2D eigenvalue weighted by Gasteiger charge is 2.19. The van der Waals surface area contributed by atoms with Crippen LogP contribution >= 0.6 is 15.9 Å². The second-order valence-electron chi connectivity index (χ2n) is 6.42. The zero-order chi connectivity index (χ0) is 15.9. The summed E-state index contributed by atoms with van der Waals surface area (Å²) in [7, 11) is 0. The summed E-state index contributed by atoms with van der Waals surface area (Å²) in [5.74, 6) is 0.293. The summed E-state index contributed by atoms with van der Waals surface area (Å²) >= 11 is 3.42. The van der Waals surface area contributed by atoms with Crippen molar-refractivity contribution in [3.8, 4) is 0 Å². The van der Waals surface area contributed by atoms with E-state index in [1.807, 2.05) is 24.3 Å². The van der Waals surface area contributed by atoms with Gasteiger partial charge in [-0.3, -0.25) is 4.79 Å². The molecule has 1 unspecified atom stereocenters. The summed E-state index contributed by atoms with van der Waals surface area (Å²) < 4.78 is 1.05. The van der Waals surface area contributed by atoms with E-state index in [1.54, 1.807) is 0 Å². The van der Waals surface area contributed by atoms with Crippen molar-refractivity contribution in [1.29, 1.82) is 0 Å². The van der Waals surface area contributed by atoms with E-state index >= 15 is 0 Å². The monoisotopic (exact) mass is 355 g/mol. The van der Waals surface area contributed by atoms with E-state index in [1.165, 1.54) is 5.56 Å². The Morgan fingerprint density at radius 3 is 2.52 bits per heavy atom. The van der Waals surface area contributed by atoms with E-state index in [-0.39, 0.29) is 23.8 Å². The van der Waals surface area contributed by atoms with Crippen LogP contribution in [0.5, 0.6) is 0 Å². The molecule has 0 heterocycles. The maximum atomic E-state index is 12.0. The van der Waals surface area contributed by atoms with Gasteiger partial charge in [0, 0.05) is 24.0 Å². The number of halogens is 1. The largest absolute Gasteiger partial charge is 0.396 e. The van der Waals surface area contributed by atoms with Gasteiger partial charge in [0.25, 0.3) is 0 Å². The van der Waals surface area contributed by atoms with Crippen LogP contribution in [0.1, 0.15) is 51.5 Å². The van der Waals surface area contributed by atoms with Gasteiger partial charge in [-0.1, -0.05) is 48.8 Å². The Kier molecular flexibility index (Phi) is 7.40. The van der Waals surface area contributed by atoms with Crippen LogP contribution in [0.2, 0.25) is 0 Å². The number of aliphatic hydroxyl groups excluding tert-OH is 1. The Morgan fingerprint density at radius 1 is 1.33 bits per heavy atom. The lowest BCUT2D eigenvalue weighted by Crippen LogP contribution is -2.34. The number of rotatable bonds is 8. The maximum Gasteiger partial charge on any atom is 0.220 e. The molecule has 1 aromatic carbocycles. The smallest absolute Gasteiger partial charge is 0.220 e. The predicted molar refractivity (Wildman–Crippen MR) is 90.3 cm³/mol. The Balaban J connectivity index is 2.41. The first kappa shape index (κ1) is 18.2. The fourth-order valence-corrected chi connectivity index (χ4v) is 2.51. The molecule has 1 amide bonds. The van der Waals surface area contributed by atoms with Crippen molar-refractivity contribution in [1.82, 2.24) is 5.32 Å². The molecule has 0 aliphatic rings. The fourth-order valence-electron chi connectivity index (χ4n) is 2.24. The first-order chi connectivity index (χ1) is 9.84. The summed E-state index contributed by atoms with van der Waals surface area (Å²) in [5.41, 5.74) is 1.20. The molecule has 21 heavy (non-hydrogen) atoms.